The van der Waals surface area contributed by atoms with Crippen LogP contribution in [-0.2, 0) is 10.6 Å². The molecule has 1 atom stereocenters. The number of anilines is 1. The van der Waals surface area contributed by atoms with Crippen LogP contribution in [0.1, 0.15) is 25.5 Å². The molecule has 20 heavy (non-hydrogen) atoms. The Morgan fingerprint density at radius 2 is 2.40 bits per heavy atom. The Bertz CT molecular complexity index is 578. The number of hydrogen-bond acceptors (Lipinski definition) is 3. The van der Waals surface area contributed by atoms with Crippen molar-refractivity contribution in [3.8, 4) is 0 Å². The van der Waals surface area contributed by atoms with E-state index in [-0.39, 0.29) is 0 Å². The number of hydrogen-bond donors (Lipinski definition) is 0. The molecule has 3 heterocycles. The van der Waals surface area contributed by atoms with E-state index in [1.54, 1.807) is 0 Å². The molecule has 1 fully saturated rings. The van der Waals surface area contributed by atoms with Gasteiger partial charge in [0.25, 0.3) is 0 Å². The Hall–Kier alpha value is -1.26. The van der Waals surface area contributed by atoms with Crippen LogP contribution in [-0.4, -0.2) is 35.2 Å². The van der Waals surface area contributed by atoms with Gasteiger partial charge in [0.05, 0.1) is 17.7 Å². The van der Waals surface area contributed by atoms with Gasteiger partial charge in [0.15, 0.2) is 5.82 Å². The summed E-state index contributed by atoms with van der Waals surface area (Å²) in [5.74, 6) is 1.45. The zero-order chi connectivity index (χ0) is 13.9. The minimum Gasteiger partial charge on any atom is -0.376 e. The molecule has 1 unspecified atom stereocenters. The largest absolute Gasteiger partial charge is 0.376 e. The molecule has 0 aromatic carbocycles. The number of alkyl halides is 1. The first-order valence-electron chi connectivity index (χ1n) is 7.22. The molecule has 1 saturated heterocycles. The predicted octanol–water partition coefficient (Wildman–Crippen LogP) is 3.08. The maximum Gasteiger partial charge on any atom is 0.152 e. The lowest BCUT2D eigenvalue weighted by molar-refractivity contribution is 0.115. The van der Waals surface area contributed by atoms with Gasteiger partial charge in [0.1, 0.15) is 5.65 Å². The van der Waals surface area contributed by atoms with Crippen LogP contribution in [0.5, 0.6) is 0 Å². The Morgan fingerprint density at radius 3 is 3.10 bits per heavy atom. The fourth-order valence-electron chi connectivity index (χ4n) is 2.81. The van der Waals surface area contributed by atoms with Gasteiger partial charge < -0.3 is 14.0 Å². The highest BCUT2D eigenvalue weighted by atomic mass is 35.5. The molecule has 0 aliphatic carbocycles. The van der Waals surface area contributed by atoms with E-state index in [2.05, 4.69) is 16.2 Å². The SMILES string of the molecule is CCN(CC1CCCO1)c1nc2ccccn2c1CCl. The number of fused-ring (bicyclic) bond motifs is 1. The fraction of sp³-hybridized carbons (Fsp3) is 0.533. The smallest absolute Gasteiger partial charge is 0.152 e. The van der Waals surface area contributed by atoms with E-state index in [0.717, 1.165) is 49.7 Å². The van der Waals surface area contributed by atoms with Gasteiger partial charge >= 0.3 is 0 Å². The van der Waals surface area contributed by atoms with Crippen LogP contribution < -0.4 is 4.90 Å². The van der Waals surface area contributed by atoms with Crippen molar-refractivity contribution in [2.24, 2.45) is 0 Å². The molecule has 3 rings (SSSR count). The molecule has 0 radical (unpaired) electrons. The second-order valence-corrected chi connectivity index (χ2v) is 5.39. The number of ether oxygens (including phenoxy) is 1. The van der Waals surface area contributed by atoms with Gasteiger partial charge in [-0.15, -0.1) is 11.6 Å². The summed E-state index contributed by atoms with van der Waals surface area (Å²) >= 11 is 6.15. The third-order valence-electron chi connectivity index (χ3n) is 3.86. The molecule has 1 aliphatic rings. The molecule has 0 saturated carbocycles. The number of aromatic nitrogens is 2. The summed E-state index contributed by atoms with van der Waals surface area (Å²) in [6, 6.07) is 6.02. The van der Waals surface area contributed by atoms with Crippen LogP contribution in [0.2, 0.25) is 0 Å². The topological polar surface area (TPSA) is 29.8 Å². The van der Waals surface area contributed by atoms with Crippen LogP contribution in [0.25, 0.3) is 5.65 Å². The molecule has 0 spiro atoms. The molecule has 0 amide bonds. The average molecular weight is 294 g/mol. The summed E-state index contributed by atoms with van der Waals surface area (Å²) in [6.45, 7) is 4.84. The number of nitrogens with zero attached hydrogens (tertiary/aromatic N) is 3. The first-order valence-corrected chi connectivity index (χ1v) is 7.75. The average Bonchev–Trinajstić information content (AvgIpc) is 3.11. The Balaban J connectivity index is 1.93. The summed E-state index contributed by atoms with van der Waals surface area (Å²) in [5.41, 5.74) is 2.01. The lowest BCUT2D eigenvalue weighted by Gasteiger charge is -2.24. The summed E-state index contributed by atoms with van der Waals surface area (Å²) in [7, 11) is 0. The van der Waals surface area contributed by atoms with E-state index in [9.17, 15) is 0 Å². The standard InChI is InChI=1S/C15H20ClN3O/c1-2-18(11-12-6-5-9-20-12)15-13(10-16)19-8-4-3-7-14(19)17-15/h3-4,7-8,12H,2,5-6,9-11H2,1H3. The third-order valence-corrected chi connectivity index (χ3v) is 4.12. The quantitative estimate of drug-likeness (QED) is 0.794. The number of imidazole rings is 1. The van der Waals surface area contributed by atoms with Gasteiger partial charge in [-0.3, -0.25) is 0 Å². The Kier molecular flexibility index (Phi) is 4.13. The summed E-state index contributed by atoms with van der Waals surface area (Å²) < 4.78 is 7.82. The van der Waals surface area contributed by atoms with E-state index in [1.807, 2.05) is 24.4 Å². The predicted molar refractivity (Wildman–Crippen MR) is 81.6 cm³/mol. The summed E-state index contributed by atoms with van der Waals surface area (Å²) in [4.78, 5) is 7.02. The molecular weight excluding hydrogens is 274 g/mol. The van der Waals surface area contributed by atoms with Crippen molar-refractivity contribution in [1.82, 2.24) is 9.38 Å². The van der Waals surface area contributed by atoms with Gasteiger partial charge in [0, 0.05) is 25.9 Å². The first-order chi connectivity index (χ1) is 9.83. The van der Waals surface area contributed by atoms with Gasteiger partial charge in [-0.2, -0.15) is 0 Å². The van der Waals surface area contributed by atoms with Crippen LogP contribution in [0.3, 0.4) is 0 Å². The van der Waals surface area contributed by atoms with E-state index in [1.165, 1.54) is 0 Å². The van der Waals surface area contributed by atoms with Crippen molar-refractivity contribution in [2.45, 2.75) is 31.7 Å². The van der Waals surface area contributed by atoms with Crippen molar-refractivity contribution >= 4 is 23.1 Å². The molecule has 0 N–H and O–H groups in total. The van der Waals surface area contributed by atoms with Gasteiger partial charge in [-0.1, -0.05) is 6.07 Å². The zero-order valence-electron chi connectivity index (χ0n) is 11.8. The van der Waals surface area contributed by atoms with Crippen molar-refractivity contribution in [2.75, 3.05) is 24.6 Å². The van der Waals surface area contributed by atoms with Gasteiger partial charge in [-0.05, 0) is 31.9 Å². The van der Waals surface area contributed by atoms with E-state index < -0.39 is 0 Å². The molecular formula is C15H20ClN3O. The van der Waals surface area contributed by atoms with Gasteiger partial charge in [0.2, 0.25) is 0 Å². The Morgan fingerprint density at radius 1 is 1.50 bits per heavy atom. The van der Waals surface area contributed by atoms with Crippen LogP contribution in [0.4, 0.5) is 5.82 Å². The minimum atomic E-state index is 0.322. The molecule has 2 aromatic rings. The number of halogens is 1. The van der Waals surface area contributed by atoms with Crippen molar-refractivity contribution < 1.29 is 4.74 Å². The van der Waals surface area contributed by atoms with Crippen molar-refractivity contribution in [3.63, 3.8) is 0 Å². The monoisotopic (exact) mass is 293 g/mol. The molecule has 5 heteroatoms. The number of pyridine rings is 1. The molecule has 1 aliphatic heterocycles. The van der Waals surface area contributed by atoms with Gasteiger partial charge in [-0.25, -0.2) is 4.98 Å². The maximum absolute atomic E-state index is 6.15. The highest BCUT2D eigenvalue weighted by Gasteiger charge is 2.22. The number of rotatable bonds is 5. The van der Waals surface area contributed by atoms with Crippen molar-refractivity contribution in [1.29, 1.82) is 0 Å². The van der Waals surface area contributed by atoms with Crippen LogP contribution in [0.15, 0.2) is 24.4 Å². The minimum absolute atomic E-state index is 0.322. The second-order valence-electron chi connectivity index (χ2n) is 5.12. The van der Waals surface area contributed by atoms with Crippen LogP contribution in [0, 0.1) is 0 Å². The lowest BCUT2D eigenvalue weighted by atomic mass is 10.2. The Labute approximate surface area is 124 Å². The summed E-state index contributed by atoms with van der Waals surface area (Å²) in [6.07, 6.45) is 4.64. The van der Waals surface area contributed by atoms with Crippen molar-refractivity contribution in [3.05, 3.63) is 30.1 Å². The molecule has 2 aromatic heterocycles. The van der Waals surface area contributed by atoms with E-state index >= 15 is 0 Å². The van der Waals surface area contributed by atoms with Crippen LogP contribution >= 0.6 is 11.6 Å². The second kappa shape index (κ2) is 6.02. The molecule has 4 nitrogen and oxygen atoms in total. The lowest BCUT2D eigenvalue weighted by Crippen LogP contribution is -2.32. The molecule has 0 bridgehead atoms. The zero-order valence-corrected chi connectivity index (χ0v) is 12.5. The summed E-state index contributed by atoms with van der Waals surface area (Å²) in [5, 5.41) is 0. The van der Waals surface area contributed by atoms with E-state index in [0.29, 0.717) is 12.0 Å². The fourth-order valence-corrected chi connectivity index (χ4v) is 3.06. The highest BCUT2D eigenvalue weighted by Crippen LogP contribution is 2.25. The first kappa shape index (κ1) is 13.7. The normalized spacial score (nSPS) is 18.8. The third kappa shape index (κ3) is 2.50. The highest BCUT2D eigenvalue weighted by molar-refractivity contribution is 6.17. The molecule has 108 valence electrons. The number of likely N-dealkylation sites (N-methyl/N-ethyl adjacent to an activating group) is 1. The maximum atomic E-state index is 6.15. The van der Waals surface area contributed by atoms with E-state index in [4.69, 9.17) is 21.3 Å².